The molecular formula is C28H31F3N4O4. The molecule has 0 saturated heterocycles. The summed E-state index contributed by atoms with van der Waals surface area (Å²) in [6.45, 7) is 4.31. The highest BCUT2D eigenvalue weighted by molar-refractivity contribution is 6.00. The molecule has 0 spiro atoms. The molecule has 1 unspecified atom stereocenters. The number of carbonyl (C=O) groups is 2. The number of rotatable bonds is 5. The molecular weight excluding hydrogens is 513 g/mol. The highest BCUT2D eigenvalue weighted by Gasteiger charge is 2.47. The number of guanidine groups is 1. The van der Waals surface area contributed by atoms with Crippen molar-refractivity contribution in [1.29, 1.82) is 0 Å². The maximum absolute atomic E-state index is 13.5. The van der Waals surface area contributed by atoms with Gasteiger partial charge in [-0.05, 0) is 37.1 Å². The highest BCUT2D eigenvalue weighted by Crippen LogP contribution is 2.42. The van der Waals surface area contributed by atoms with Crippen molar-refractivity contribution in [1.82, 2.24) is 10.2 Å². The van der Waals surface area contributed by atoms with Crippen molar-refractivity contribution in [3.05, 3.63) is 59.2 Å². The minimum atomic E-state index is -4.58. The second-order valence-electron chi connectivity index (χ2n) is 10.2. The lowest BCUT2D eigenvalue weighted by Gasteiger charge is -2.41. The van der Waals surface area contributed by atoms with E-state index in [1.54, 1.807) is 36.4 Å². The summed E-state index contributed by atoms with van der Waals surface area (Å²) in [6, 6.07) is 9.78. The topological polar surface area (TPSA) is 106 Å². The van der Waals surface area contributed by atoms with E-state index in [4.69, 9.17) is 15.2 Å². The standard InChI is InChI=1S/C28H31F3N4O4/c1-3-27(4-2)15-24(36)35(26(32)34-27)20-11-12-38-21-10-9-16(13-18(20)21)25(37)33-19-14-23(28(29,30)31)39-22-8-6-5-7-17(19)22/h5-10,13,19-20,23H,3-4,11-12,14-15H2,1-2H3,(H2,32,34)(H,33,37)/t19-,20?,23+/m0/s1. The Bertz CT molecular complexity index is 1310. The fourth-order valence-electron chi connectivity index (χ4n) is 5.61. The monoisotopic (exact) mass is 544 g/mol. The Morgan fingerprint density at radius 2 is 1.90 bits per heavy atom. The van der Waals surface area contributed by atoms with Crippen LogP contribution in [0.5, 0.6) is 11.5 Å². The molecule has 3 atom stereocenters. The molecule has 3 heterocycles. The number of hydrogen-bond acceptors (Lipinski definition) is 6. The van der Waals surface area contributed by atoms with Gasteiger partial charge in [-0.15, -0.1) is 0 Å². The van der Waals surface area contributed by atoms with Gasteiger partial charge < -0.3 is 20.5 Å². The predicted octanol–water partition coefficient (Wildman–Crippen LogP) is 4.80. The average molecular weight is 545 g/mol. The SMILES string of the molecule is CCC1(CC)CC(=O)N(C2CCOc3ccc(C(=O)N[C@H]4C[C@H](C(F)(F)F)Oc5ccccc54)cc32)C(N)=N1. The van der Waals surface area contributed by atoms with E-state index in [0.717, 1.165) is 0 Å². The number of fused-ring (bicyclic) bond motifs is 2. The molecule has 3 N–H and O–H groups in total. The van der Waals surface area contributed by atoms with Crippen LogP contribution in [-0.2, 0) is 4.79 Å². The molecule has 0 aliphatic carbocycles. The molecule has 0 bridgehead atoms. The van der Waals surface area contributed by atoms with E-state index in [1.807, 2.05) is 13.8 Å². The van der Waals surface area contributed by atoms with E-state index in [2.05, 4.69) is 10.3 Å². The molecule has 5 rings (SSSR count). The zero-order valence-electron chi connectivity index (χ0n) is 21.8. The van der Waals surface area contributed by atoms with Gasteiger partial charge in [-0.2, -0.15) is 13.2 Å². The molecule has 3 aliphatic rings. The van der Waals surface area contributed by atoms with Gasteiger partial charge in [-0.25, -0.2) is 4.99 Å². The lowest BCUT2D eigenvalue weighted by Crippen LogP contribution is -2.53. The van der Waals surface area contributed by atoms with E-state index < -0.39 is 42.2 Å². The fraction of sp³-hybridized carbons (Fsp3) is 0.464. The Morgan fingerprint density at radius 1 is 1.15 bits per heavy atom. The molecule has 3 aliphatic heterocycles. The molecule has 2 amide bonds. The third kappa shape index (κ3) is 5.02. The summed E-state index contributed by atoms with van der Waals surface area (Å²) in [5, 5.41) is 2.75. The molecule has 0 fully saturated rings. The van der Waals surface area contributed by atoms with E-state index in [0.29, 0.717) is 42.7 Å². The van der Waals surface area contributed by atoms with Gasteiger partial charge in [0.15, 0.2) is 12.1 Å². The van der Waals surface area contributed by atoms with Crippen LogP contribution in [0.1, 0.15) is 79.5 Å². The maximum atomic E-state index is 13.5. The summed E-state index contributed by atoms with van der Waals surface area (Å²) in [7, 11) is 0. The summed E-state index contributed by atoms with van der Waals surface area (Å²) >= 11 is 0. The number of carbonyl (C=O) groups excluding carboxylic acids is 2. The van der Waals surface area contributed by atoms with Crippen molar-refractivity contribution in [2.24, 2.45) is 10.7 Å². The quantitative estimate of drug-likeness (QED) is 0.563. The van der Waals surface area contributed by atoms with Crippen LogP contribution in [0.15, 0.2) is 47.5 Å². The summed E-state index contributed by atoms with van der Waals surface area (Å²) in [4.78, 5) is 32.8. The molecule has 0 saturated carbocycles. The first-order valence-corrected chi connectivity index (χ1v) is 13.1. The van der Waals surface area contributed by atoms with Crippen LogP contribution < -0.4 is 20.5 Å². The van der Waals surface area contributed by atoms with Crippen LogP contribution in [0.4, 0.5) is 13.2 Å². The second kappa shape index (κ2) is 10.1. The van der Waals surface area contributed by atoms with E-state index in [1.165, 1.54) is 11.0 Å². The normalized spacial score (nSPS) is 24.0. The number of alkyl halides is 3. The minimum absolute atomic E-state index is 0.0869. The number of benzene rings is 2. The van der Waals surface area contributed by atoms with E-state index >= 15 is 0 Å². The zero-order chi connectivity index (χ0) is 27.9. The first-order valence-electron chi connectivity index (χ1n) is 13.1. The molecule has 0 aromatic heterocycles. The number of hydrogen-bond donors (Lipinski definition) is 2. The van der Waals surface area contributed by atoms with Crippen LogP contribution in [0.25, 0.3) is 0 Å². The average Bonchev–Trinajstić information content (AvgIpc) is 2.91. The van der Waals surface area contributed by atoms with Crippen molar-refractivity contribution in [3.63, 3.8) is 0 Å². The molecule has 208 valence electrons. The largest absolute Gasteiger partial charge is 0.493 e. The third-order valence-electron chi connectivity index (χ3n) is 7.94. The van der Waals surface area contributed by atoms with Crippen LogP contribution >= 0.6 is 0 Å². The van der Waals surface area contributed by atoms with Crippen molar-refractivity contribution in [3.8, 4) is 11.5 Å². The van der Waals surface area contributed by atoms with Gasteiger partial charge in [-0.3, -0.25) is 14.5 Å². The lowest BCUT2D eigenvalue weighted by atomic mass is 9.87. The van der Waals surface area contributed by atoms with Crippen molar-refractivity contribution in [2.75, 3.05) is 6.61 Å². The van der Waals surface area contributed by atoms with Crippen LogP contribution in [0, 0.1) is 0 Å². The van der Waals surface area contributed by atoms with Crippen LogP contribution in [0.2, 0.25) is 0 Å². The number of nitrogens with two attached hydrogens (primary N) is 1. The first-order chi connectivity index (χ1) is 18.5. The Kier molecular flexibility index (Phi) is 6.94. The first kappa shape index (κ1) is 26.8. The van der Waals surface area contributed by atoms with Gasteiger partial charge in [0.2, 0.25) is 5.91 Å². The Hall–Kier alpha value is -3.76. The van der Waals surface area contributed by atoms with E-state index in [-0.39, 0.29) is 29.6 Å². The Morgan fingerprint density at radius 3 is 2.59 bits per heavy atom. The highest BCUT2D eigenvalue weighted by atomic mass is 19.4. The van der Waals surface area contributed by atoms with Crippen molar-refractivity contribution < 1.29 is 32.2 Å². The van der Waals surface area contributed by atoms with Crippen LogP contribution in [0.3, 0.4) is 0 Å². The maximum Gasteiger partial charge on any atom is 0.425 e. The molecule has 0 radical (unpaired) electrons. The fourth-order valence-corrected chi connectivity index (χ4v) is 5.61. The number of nitrogens with one attached hydrogen (secondary N) is 1. The zero-order valence-corrected chi connectivity index (χ0v) is 21.8. The smallest absolute Gasteiger partial charge is 0.425 e. The van der Waals surface area contributed by atoms with Gasteiger partial charge in [-0.1, -0.05) is 32.0 Å². The number of amides is 2. The lowest BCUT2D eigenvalue weighted by molar-refractivity contribution is -0.201. The molecule has 2 aromatic carbocycles. The second-order valence-corrected chi connectivity index (χ2v) is 10.2. The van der Waals surface area contributed by atoms with Gasteiger partial charge in [0, 0.05) is 29.5 Å². The van der Waals surface area contributed by atoms with Gasteiger partial charge in [0.05, 0.1) is 30.7 Å². The number of aliphatic imine (C=N–C) groups is 1. The van der Waals surface area contributed by atoms with Gasteiger partial charge >= 0.3 is 6.18 Å². The summed E-state index contributed by atoms with van der Waals surface area (Å²) in [6.07, 6.45) is -5.02. The van der Waals surface area contributed by atoms with Crippen LogP contribution in [-0.4, -0.2) is 47.1 Å². The molecule has 8 nitrogen and oxygen atoms in total. The van der Waals surface area contributed by atoms with E-state index in [9.17, 15) is 22.8 Å². The number of ether oxygens (including phenoxy) is 2. The number of halogens is 3. The minimum Gasteiger partial charge on any atom is -0.493 e. The van der Waals surface area contributed by atoms with Gasteiger partial charge in [0.25, 0.3) is 5.91 Å². The predicted molar refractivity (Wildman–Crippen MR) is 137 cm³/mol. The molecule has 2 aromatic rings. The number of nitrogens with zero attached hydrogens (tertiary/aromatic N) is 2. The summed E-state index contributed by atoms with van der Waals surface area (Å²) < 4.78 is 51.5. The van der Waals surface area contributed by atoms with Crippen molar-refractivity contribution >= 4 is 17.8 Å². The Labute approximate surface area is 224 Å². The third-order valence-corrected chi connectivity index (χ3v) is 7.94. The summed E-state index contributed by atoms with van der Waals surface area (Å²) in [5.74, 6) is 0.0477. The molecule has 39 heavy (non-hydrogen) atoms. The number of para-hydroxylation sites is 1. The Balaban J connectivity index is 1.43. The van der Waals surface area contributed by atoms with Crippen molar-refractivity contribution in [2.45, 2.75) is 75.9 Å². The molecule has 11 heteroatoms. The summed E-state index contributed by atoms with van der Waals surface area (Å²) in [5.41, 5.74) is 7.11. The van der Waals surface area contributed by atoms with Gasteiger partial charge in [0.1, 0.15) is 11.5 Å².